The molecule has 0 heterocycles. The van der Waals surface area contributed by atoms with Crippen LogP contribution in [0, 0.1) is 11.8 Å². The molecule has 7 heteroatoms. The summed E-state index contributed by atoms with van der Waals surface area (Å²) in [5, 5.41) is 6.65. The van der Waals surface area contributed by atoms with E-state index in [2.05, 4.69) is 42.5 Å². The third-order valence-electron chi connectivity index (χ3n) is 4.20. The van der Waals surface area contributed by atoms with Crippen molar-refractivity contribution < 1.29 is 14.3 Å². The molecule has 0 radical (unpaired) electrons. The number of likely N-dealkylation sites (N-methyl/N-ethyl adjacent to an activating group) is 1. The Morgan fingerprint density at radius 3 is 2.29 bits per heavy atom. The number of guanidine groups is 1. The van der Waals surface area contributed by atoms with Crippen LogP contribution in [0.2, 0.25) is 0 Å². The maximum Gasteiger partial charge on any atom is 0.243 e. The molecular weight excluding hydrogens is 356 g/mol. The van der Waals surface area contributed by atoms with Crippen LogP contribution in [0.5, 0.6) is 11.5 Å². The van der Waals surface area contributed by atoms with Crippen LogP contribution in [0.3, 0.4) is 0 Å². The first-order valence-electron chi connectivity index (χ1n) is 9.70. The highest BCUT2D eigenvalue weighted by atomic mass is 16.5. The van der Waals surface area contributed by atoms with E-state index in [1.807, 2.05) is 12.1 Å². The highest BCUT2D eigenvalue weighted by Gasteiger charge is 2.10. The van der Waals surface area contributed by atoms with Crippen molar-refractivity contribution >= 4 is 11.9 Å². The minimum atomic E-state index is -0.0241. The number of hydrogen-bond donors (Lipinski definition) is 2. The van der Waals surface area contributed by atoms with Gasteiger partial charge in [0.1, 0.15) is 6.54 Å². The summed E-state index contributed by atoms with van der Waals surface area (Å²) < 4.78 is 10.7. The zero-order chi connectivity index (χ0) is 21.1. The van der Waals surface area contributed by atoms with Gasteiger partial charge in [0.15, 0.2) is 17.5 Å². The lowest BCUT2D eigenvalue weighted by Gasteiger charge is -2.18. The topological polar surface area (TPSA) is 75.2 Å². The highest BCUT2D eigenvalue weighted by molar-refractivity contribution is 5.84. The number of nitrogens with one attached hydrogen (secondary N) is 2. The predicted molar refractivity (Wildman–Crippen MR) is 114 cm³/mol. The second-order valence-corrected chi connectivity index (χ2v) is 7.61. The third kappa shape index (κ3) is 8.50. The average Bonchev–Trinajstić information content (AvgIpc) is 2.66. The first-order valence-corrected chi connectivity index (χ1v) is 9.70. The van der Waals surface area contributed by atoms with Crippen molar-refractivity contribution in [3.05, 3.63) is 23.8 Å². The van der Waals surface area contributed by atoms with E-state index < -0.39 is 0 Å². The van der Waals surface area contributed by atoms with Gasteiger partial charge in [-0.05, 0) is 36.0 Å². The summed E-state index contributed by atoms with van der Waals surface area (Å²) in [5.74, 6) is 2.97. The molecule has 28 heavy (non-hydrogen) atoms. The van der Waals surface area contributed by atoms with Crippen molar-refractivity contribution in [1.82, 2.24) is 15.5 Å². The summed E-state index contributed by atoms with van der Waals surface area (Å²) in [4.78, 5) is 17.8. The first kappa shape index (κ1) is 23.6. The van der Waals surface area contributed by atoms with Gasteiger partial charge in [0.25, 0.3) is 0 Å². The van der Waals surface area contributed by atoms with Gasteiger partial charge in [-0.25, -0.2) is 4.99 Å². The van der Waals surface area contributed by atoms with Gasteiger partial charge in [0.2, 0.25) is 5.91 Å². The minimum Gasteiger partial charge on any atom is -0.493 e. The molecule has 0 fully saturated rings. The van der Waals surface area contributed by atoms with Crippen LogP contribution in [-0.2, 0) is 11.2 Å². The van der Waals surface area contributed by atoms with Crippen molar-refractivity contribution in [3.8, 4) is 11.5 Å². The molecule has 0 saturated heterocycles. The number of benzene rings is 1. The molecule has 0 aliphatic carbocycles. The summed E-state index contributed by atoms with van der Waals surface area (Å²) in [7, 11) is 6.75. The molecule has 0 aliphatic rings. The largest absolute Gasteiger partial charge is 0.493 e. The highest BCUT2D eigenvalue weighted by Crippen LogP contribution is 2.28. The quantitative estimate of drug-likeness (QED) is 0.471. The molecule has 1 aromatic carbocycles. The Morgan fingerprint density at radius 1 is 1.07 bits per heavy atom. The fourth-order valence-electron chi connectivity index (χ4n) is 2.52. The van der Waals surface area contributed by atoms with Crippen molar-refractivity contribution in [1.29, 1.82) is 0 Å². The van der Waals surface area contributed by atoms with E-state index in [-0.39, 0.29) is 12.5 Å². The van der Waals surface area contributed by atoms with E-state index in [1.165, 1.54) is 5.56 Å². The second kappa shape index (κ2) is 12.1. The SMILES string of the molecule is COc1ccc(CC(C)CNC(=NCC(=O)N(C)C)NCC(C)C)cc1OC. The summed E-state index contributed by atoms with van der Waals surface area (Å²) in [5.41, 5.74) is 1.18. The van der Waals surface area contributed by atoms with Crippen LogP contribution in [0.15, 0.2) is 23.2 Å². The second-order valence-electron chi connectivity index (χ2n) is 7.61. The summed E-state index contributed by atoms with van der Waals surface area (Å²) in [6.07, 6.45) is 0.890. The van der Waals surface area contributed by atoms with E-state index in [1.54, 1.807) is 33.2 Å². The van der Waals surface area contributed by atoms with Gasteiger partial charge in [0, 0.05) is 27.2 Å². The van der Waals surface area contributed by atoms with E-state index in [4.69, 9.17) is 9.47 Å². The number of carbonyl (C=O) groups excluding carboxylic acids is 1. The Kier molecular flexibility index (Phi) is 10.2. The van der Waals surface area contributed by atoms with Crippen molar-refractivity contribution in [2.45, 2.75) is 27.2 Å². The molecule has 1 atom stereocenters. The maximum atomic E-state index is 11.8. The first-order chi connectivity index (χ1) is 13.3. The molecule has 0 aromatic heterocycles. The molecule has 0 bridgehead atoms. The van der Waals surface area contributed by atoms with Gasteiger partial charge in [-0.2, -0.15) is 0 Å². The van der Waals surface area contributed by atoms with E-state index >= 15 is 0 Å². The van der Waals surface area contributed by atoms with Crippen molar-refractivity contribution in [3.63, 3.8) is 0 Å². The maximum absolute atomic E-state index is 11.8. The normalized spacial score (nSPS) is 12.5. The van der Waals surface area contributed by atoms with Crippen LogP contribution in [-0.4, -0.2) is 64.7 Å². The standard InChI is InChI=1S/C21H36N4O3/c1-15(2)12-22-21(24-14-20(26)25(4)5)23-13-16(3)10-17-8-9-18(27-6)19(11-17)28-7/h8-9,11,15-16H,10,12-14H2,1-7H3,(H2,22,23,24). The van der Waals surface area contributed by atoms with Crippen LogP contribution < -0.4 is 20.1 Å². The van der Waals surface area contributed by atoms with Crippen LogP contribution in [0.25, 0.3) is 0 Å². The fourth-order valence-corrected chi connectivity index (χ4v) is 2.52. The molecule has 1 unspecified atom stereocenters. The zero-order valence-corrected chi connectivity index (χ0v) is 18.3. The molecule has 0 saturated carbocycles. The molecule has 7 nitrogen and oxygen atoms in total. The number of ether oxygens (including phenoxy) is 2. The Hall–Kier alpha value is -2.44. The Morgan fingerprint density at radius 2 is 1.71 bits per heavy atom. The zero-order valence-electron chi connectivity index (χ0n) is 18.3. The van der Waals surface area contributed by atoms with Gasteiger partial charge in [-0.15, -0.1) is 0 Å². The smallest absolute Gasteiger partial charge is 0.243 e. The molecule has 0 spiro atoms. The van der Waals surface area contributed by atoms with Gasteiger partial charge in [-0.1, -0.05) is 26.8 Å². The number of methoxy groups -OCH3 is 2. The van der Waals surface area contributed by atoms with Gasteiger partial charge >= 0.3 is 0 Å². The predicted octanol–water partition coefficient (Wildman–Crippen LogP) is 2.16. The van der Waals surface area contributed by atoms with Crippen LogP contribution >= 0.6 is 0 Å². The lowest BCUT2D eigenvalue weighted by Crippen LogP contribution is -2.42. The molecule has 1 amide bonds. The summed E-state index contributed by atoms with van der Waals surface area (Å²) in [6.45, 7) is 8.12. The van der Waals surface area contributed by atoms with E-state index in [0.29, 0.717) is 17.8 Å². The number of rotatable bonds is 10. The Balaban J connectivity index is 2.66. The monoisotopic (exact) mass is 392 g/mol. The van der Waals surface area contributed by atoms with E-state index in [0.717, 1.165) is 31.0 Å². The Labute approximate surface area is 169 Å². The number of aliphatic imine (C=N–C) groups is 1. The van der Waals surface area contributed by atoms with Gasteiger partial charge < -0.3 is 25.0 Å². The fraction of sp³-hybridized carbons (Fsp3) is 0.619. The molecular formula is C21H36N4O3. The number of nitrogens with zero attached hydrogens (tertiary/aromatic N) is 2. The molecule has 1 aromatic rings. The van der Waals surface area contributed by atoms with Gasteiger partial charge in [0.05, 0.1) is 14.2 Å². The van der Waals surface area contributed by atoms with Crippen molar-refractivity contribution in [2.75, 3.05) is 47.9 Å². The molecule has 2 N–H and O–H groups in total. The van der Waals surface area contributed by atoms with Crippen LogP contribution in [0.4, 0.5) is 0 Å². The molecule has 0 aliphatic heterocycles. The minimum absolute atomic E-state index is 0.0241. The van der Waals surface area contributed by atoms with Crippen molar-refractivity contribution in [2.24, 2.45) is 16.8 Å². The Bertz CT molecular complexity index is 645. The number of hydrogen-bond acceptors (Lipinski definition) is 4. The summed E-state index contributed by atoms with van der Waals surface area (Å²) >= 11 is 0. The lowest BCUT2D eigenvalue weighted by atomic mass is 10.0. The average molecular weight is 393 g/mol. The number of carbonyl (C=O) groups is 1. The molecule has 1 rings (SSSR count). The molecule has 158 valence electrons. The summed E-state index contributed by atoms with van der Waals surface area (Å²) in [6, 6.07) is 6.00. The van der Waals surface area contributed by atoms with Crippen LogP contribution in [0.1, 0.15) is 26.3 Å². The van der Waals surface area contributed by atoms with E-state index in [9.17, 15) is 4.79 Å². The third-order valence-corrected chi connectivity index (χ3v) is 4.20. The lowest BCUT2D eigenvalue weighted by molar-refractivity contribution is -0.127. The van der Waals surface area contributed by atoms with Gasteiger partial charge in [-0.3, -0.25) is 4.79 Å². The number of amides is 1.